The molecule has 1 atom stereocenters. The molecule has 42 heavy (non-hydrogen) atoms. The Morgan fingerprint density at radius 1 is 0.881 bits per heavy atom. The summed E-state index contributed by atoms with van der Waals surface area (Å²) < 4.78 is 66.3. The number of aryl methyl sites for hydroxylation is 1. The number of hydrogen-bond acceptors (Lipinski definition) is 5. The summed E-state index contributed by atoms with van der Waals surface area (Å²) in [7, 11) is 0. The molecular weight excluding hydrogens is 554 g/mol. The van der Waals surface area contributed by atoms with Crippen molar-refractivity contribution in [2.75, 3.05) is 0 Å². The molecule has 12 heteroatoms. The van der Waals surface area contributed by atoms with Gasteiger partial charge in [0.25, 0.3) is 5.56 Å². The van der Waals surface area contributed by atoms with Gasteiger partial charge in [-0.25, -0.2) is 9.18 Å². The number of rotatable bonds is 8. The first-order valence-electron chi connectivity index (χ1n) is 13.2. The number of alkyl halides is 3. The lowest BCUT2D eigenvalue weighted by Gasteiger charge is -2.19. The van der Waals surface area contributed by atoms with Crippen molar-refractivity contribution in [3.05, 3.63) is 116 Å². The van der Waals surface area contributed by atoms with Crippen LogP contribution in [0.5, 0.6) is 0 Å². The number of nitrogens with zero attached hydrogens (tertiary/aromatic N) is 5. The van der Waals surface area contributed by atoms with Crippen molar-refractivity contribution in [3.63, 3.8) is 0 Å². The molecule has 0 saturated carbocycles. The maximum Gasteiger partial charge on any atom is 0.397 e. The van der Waals surface area contributed by atoms with Crippen molar-refractivity contribution in [2.45, 2.75) is 52.6 Å². The van der Waals surface area contributed by atoms with Crippen LogP contribution in [0.4, 0.5) is 17.6 Å². The van der Waals surface area contributed by atoms with Crippen molar-refractivity contribution in [1.82, 2.24) is 24.1 Å². The molecule has 0 saturated heterocycles. The highest BCUT2D eigenvalue weighted by Crippen LogP contribution is 2.37. The molecule has 0 radical (unpaired) electrons. The van der Waals surface area contributed by atoms with Crippen LogP contribution in [0.3, 0.4) is 0 Å². The van der Waals surface area contributed by atoms with Gasteiger partial charge >= 0.3 is 11.9 Å². The lowest BCUT2D eigenvalue weighted by Crippen LogP contribution is -2.28. The van der Waals surface area contributed by atoms with Gasteiger partial charge in [0.2, 0.25) is 0 Å². The normalized spacial score (nSPS) is 12.6. The Balaban J connectivity index is 1.66. The van der Waals surface area contributed by atoms with Gasteiger partial charge in [-0.3, -0.25) is 9.36 Å². The third-order valence-electron chi connectivity index (χ3n) is 7.06. The molecule has 0 aliphatic heterocycles. The predicted octanol–water partition coefficient (Wildman–Crippen LogP) is 5.58. The van der Waals surface area contributed by atoms with Crippen molar-refractivity contribution in [1.29, 1.82) is 0 Å². The van der Waals surface area contributed by atoms with Crippen LogP contribution in [0.1, 0.15) is 42.4 Å². The lowest BCUT2D eigenvalue weighted by molar-refractivity contribution is -0.147. The van der Waals surface area contributed by atoms with Crippen LogP contribution in [-0.2, 0) is 24.5 Å². The summed E-state index contributed by atoms with van der Waals surface area (Å²) >= 11 is 0. The number of ether oxygens (including phenoxy) is 1. The van der Waals surface area contributed by atoms with Gasteiger partial charge in [-0.1, -0.05) is 48.5 Å². The summed E-state index contributed by atoms with van der Waals surface area (Å²) in [5, 5.41) is 7.83. The summed E-state index contributed by atoms with van der Waals surface area (Å²) in [4.78, 5) is 26.7. The fourth-order valence-electron chi connectivity index (χ4n) is 4.73. The Morgan fingerprint density at radius 2 is 1.57 bits per heavy atom. The first kappa shape index (κ1) is 28.9. The minimum Gasteiger partial charge on any atom is -0.369 e. The van der Waals surface area contributed by atoms with Gasteiger partial charge in [0.15, 0.2) is 5.82 Å². The van der Waals surface area contributed by atoms with Gasteiger partial charge in [-0.05, 0) is 50.1 Å². The van der Waals surface area contributed by atoms with E-state index in [1.165, 1.54) is 4.57 Å². The molecule has 3 aromatic carbocycles. The fraction of sp³-hybridized carbons (Fsp3) is 0.267. The zero-order chi connectivity index (χ0) is 30.2. The monoisotopic (exact) mass is 581 g/mol. The Bertz CT molecular complexity index is 1880. The van der Waals surface area contributed by atoms with E-state index < -0.39 is 40.5 Å². The average Bonchev–Trinajstić information content (AvgIpc) is 3.28. The highest BCUT2D eigenvalue weighted by Gasteiger charge is 2.40. The van der Waals surface area contributed by atoms with Gasteiger partial charge in [0, 0.05) is 11.9 Å². The SMILES string of the molecule is CCn1c(COCc2ccccc2)nn(-c2cc3c(C(C)C(F)(F)F)nn(-c4ccccc4C)c(=O)c3cc2F)c1=O. The molecule has 0 N–H and O–H groups in total. The Labute approximate surface area is 237 Å². The number of para-hydroxylation sites is 1. The summed E-state index contributed by atoms with van der Waals surface area (Å²) in [6, 6.07) is 17.7. The fourth-order valence-corrected chi connectivity index (χ4v) is 4.73. The summed E-state index contributed by atoms with van der Waals surface area (Å²) in [6.07, 6.45) is -4.72. The first-order chi connectivity index (χ1) is 20.0. The largest absolute Gasteiger partial charge is 0.397 e. The maximum absolute atomic E-state index is 15.6. The summed E-state index contributed by atoms with van der Waals surface area (Å²) in [5.41, 5.74) is -0.649. The van der Waals surface area contributed by atoms with Gasteiger partial charge < -0.3 is 4.74 Å². The molecule has 0 spiro atoms. The first-order valence-corrected chi connectivity index (χ1v) is 13.2. The lowest BCUT2D eigenvalue weighted by atomic mass is 10.00. The summed E-state index contributed by atoms with van der Waals surface area (Å²) in [6.45, 7) is 4.66. The highest BCUT2D eigenvalue weighted by atomic mass is 19.4. The van der Waals surface area contributed by atoms with E-state index in [1.807, 2.05) is 30.3 Å². The second kappa shape index (κ2) is 11.4. The van der Waals surface area contributed by atoms with E-state index in [0.29, 0.717) is 5.56 Å². The van der Waals surface area contributed by atoms with Crippen LogP contribution in [-0.4, -0.2) is 30.3 Å². The van der Waals surface area contributed by atoms with Crippen LogP contribution in [0.25, 0.3) is 22.1 Å². The number of hydrogen-bond donors (Lipinski definition) is 0. The molecule has 0 aliphatic rings. The third-order valence-corrected chi connectivity index (χ3v) is 7.06. The molecule has 0 bridgehead atoms. The van der Waals surface area contributed by atoms with E-state index in [1.54, 1.807) is 38.1 Å². The third kappa shape index (κ3) is 5.37. The molecule has 0 aliphatic carbocycles. The van der Waals surface area contributed by atoms with Crippen molar-refractivity contribution < 1.29 is 22.3 Å². The standard InChI is InChI=1S/C30H27F4N5O3/c1-4-37-26(17-42-16-20-11-6-5-7-12-20)35-39(29(37)41)25-15-21-22(14-23(25)31)28(40)38(24-13-9-8-10-18(24)2)36-27(21)19(3)30(32,33)34/h5-15,19H,4,16-17H2,1-3H3. The van der Waals surface area contributed by atoms with Crippen LogP contribution >= 0.6 is 0 Å². The molecule has 2 aromatic heterocycles. The van der Waals surface area contributed by atoms with Crippen LogP contribution < -0.4 is 11.2 Å². The molecule has 0 amide bonds. The molecule has 1 unspecified atom stereocenters. The van der Waals surface area contributed by atoms with Crippen LogP contribution in [0.15, 0.2) is 76.3 Å². The summed E-state index contributed by atoms with van der Waals surface area (Å²) in [5.74, 6) is -2.91. The zero-order valence-corrected chi connectivity index (χ0v) is 23.0. The molecule has 218 valence electrons. The molecule has 8 nitrogen and oxygen atoms in total. The second-order valence-corrected chi connectivity index (χ2v) is 9.83. The van der Waals surface area contributed by atoms with Gasteiger partial charge in [-0.15, -0.1) is 5.10 Å². The predicted molar refractivity (Wildman–Crippen MR) is 148 cm³/mol. The minimum atomic E-state index is -4.72. The number of fused-ring (bicyclic) bond motifs is 1. The second-order valence-electron chi connectivity index (χ2n) is 9.83. The molecule has 5 aromatic rings. The molecule has 5 rings (SSSR count). The van der Waals surface area contributed by atoms with E-state index in [0.717, 1.165) is 34.0 Å². The van der Waals surface area contributed by atoms with Gasteiger partial charge in [0.05, 0.1) is 29.3 Å². The molecule has 0 fully saturated rings. The Kier molecular flexibility index (Phi) is 7.83. The van der Waals surface area contributed by atoms with Crippen molar-refractivity contribution >= 4 is 10.8 Å². The van der Waals surface area contributed by atoms with E-state index in [2.05, 4.69) is 10.2 Å². The Hall–Kier alpha value is -4.58. The molecule has 2 heterocycles. The van der Waals surface area contributed by atoms with E-state index >= 15 is 4.39 Å². The molecular formula is C30H27F4N5O3. The topological polar surface area (TPSA) is 83.9 Å². The number of aromatic nitrogens is 5. The zero-order valence-electron chi connectivity index (χ0n) is 23.0. The van der Waals surface area contributed by atoms with Gasteiger partial charge in [0.1, 0.15) is 18.1 Å². The quantitative estimate of drug-likeness (QED) is 0.223. The number of halogens is 4. The van der Waals surface area contributed by atoms with Gasteiger partial charge in [-0.2, -0.15) is 27.6 Å². The van der Waals surface area contributed by atoms with E-state index in [-0.39, 0.29) is 42.0 Å². The highest BCUT2D eigenvalue weighted by molar-refractivity contribution is 5.86. The van der Waals surface area contributed by atoms with Crippen LogP contribution in [0.2, 0.25) is 0 Å². The maximum atomic E-state index is 15.6. The van der Waals surface area contributed by atoms with E-state index in [4.69, 9.17) is 4.74 Å². The minimum absolute atomic E-state index is 0.0702. The number of benzene rings is 3. The van der Waals surface area contributed by atoms with Crippen molar-refractivity contribution in [2.24, 2.45) is 0 Å². The van der Waals surface area contributed by atoms with Crippen molar-refractivity contribution in [3.8, 4) is 11.4 Å². The average molecular weight is 582 g/mol. The van der Waals surface area contributed by atoms with Crippen LogP contribution in [0, 0.1) is 12.7 Å². The Morgan fingerprint density at radius 3 is 2.24 bits per heavy atom. The smallest absolute Gasteiger partial charge is 0.369 e. The van der Waals surface area contributed by atoms with E-state index in [9.17, 15) is 22.8 Å².